The molecule has 0 saturated heterocycles. The maximum Gasteiger partial charge on any atom is 0.239 e. The van der Waals surface area contributed by atoms with Crippen LogP contribution in [0.5, 0.6) is 0 Å². The molecule has 2 rings (SSSR count). The Balaban J connectivity index is 2.44. The SMILES string of the molecule is Nc1ccc(-c2ccc(N)cc2NC(=O)CCl)cc1. The van der Waals surface area contributed by atoms with Crippen LogP contribution in [-0.4, -0.2) is 11.8 Å². The second kappa shape index (κ2) is 5.63. The first kappa shape index (κ1) is 13.2. The van der Waals surface area contributed by atoms with Crippen molar-refractivity contribution < 1.29 is 4.79 Å². The molecule has 2 aromatic rings. The van der Waals surface area contributed by atoms with E-state index < -0.39 is 0 Å². The summed E-state index contributed by atoms with van der Waals surface area (Å²) >= 11 is 5.50. The number of hydrogen-bond acceptors (Lipinski definition) is 3. The van der Waals surface area contributed by atoms with E-state index >= 15 is 0 Å². The first-order valence-corrected chi connectivity index (χ1v) is 6.25. The molecular formula is C14H14ClN3O. The summed E-state index contributed by atoms with van der Waals surface area (Å²) in [7, 11) is 0. The van der Waals surface area contributed by atoms with Gasteiger partial charge >= 0.3 is 0 Å². The van der Waals surface area contributed by atoms with Gasteiger partial charge < -0.3 is 16.8 Å². The average Bonchev–Trinajstić information content (AvgIpc) is 2.40. The second-order valence-electron chi connectivity index (χ2n) is 4.11. The number of nitrogen functional groups attached to an aromatic ring is 2. The summed E-state index contributed by atoms with van der Waals surface area (Å²) < 4.78 is 0. The smallest absolute Gasteiger partial charge is 0.239 e. The number of nitrogens with one attached hydrogen (secondary N) is 1. The molecule has 0 bridgehead atoms. The van der Waals surface area contributed by atoms with E-state index in [1.54, 1.807) is 24.3 Å². The van der Waals surface area contributed by atoms with Crippen LogP contribution >= 0.6 is 11.6 Å². The topological polar surface area (TPSA) is 81.1 Å². The van der Waals surface area contributed by atoms with Crippen LogP contribution < -0.4 is 16.8 Å². The fourth-order valence-corrected chi connectivity index (χ4v) is 1.83. The summed E-state index contributed by atoms with van der Waals surface area (Å²) in [6.07, 6.45) is 0. The lowest BCUT2D eigenvalue weighted by atomic mass is 10.0. The zero-order valence-electron chi connectivity index (χ0n) is 10.2. The number of carbonyl (C=O) groups excluding carboxylic acids is 1. The van der Waals surface area contributed by atoms with Crippen LogP contribution in [0.1, 0.15) is 0 Å². The molecule has 0 saturated carbocycles. The highest BCUT2D eigenvalue weighted by molar-refractivity contribution is 6.29. The lowest BCUT2D eigenvalue weighted by Crippen LogP contribution is -2.13. The molecule has 0 fully saturated rings. The highest BCUT2D eigenvalue weighted by Crippen LogP contribution is 2.30. The van der Waals surface area contributed by atoms with Gasteiger partial charge in [0.25, 0.3) is 0 Å². The lowest BCUT2D eigenvalue weighted by molar-refractivity contribution is -0.113. The van der Waals surface area contributed by atoms with Gasteiger partial charge in [0.15, 0.2) is 0 Å². The molecule has 0 aliphatic carbocycles. The van der Waals surface area contributed by atoms with Crippen molar-refractivity contribution in [3.8, 4) is 11.1 Å². The summed E-state index contributed by atoms with van der Waals surface area (Å²) in [4.78, 5) is 11.4. The van der Waals surface area contributed by atoms with Crippen LogP contribution in [0.25, 0.3) is 11.1 Å². The number of anilines is 3. The minimum absolute atomic E-state index is 0.101. The number of benzene rings is 2. The summed E-state index contributed by atoms with van der Waals surface area (Å²) in [6, 6.07) is 12.7. The summed E-state index contributed by atoms with van der Waals surface area (Å²) in [5.74, 6) is -0.375. The Labute approximate surface area is 116 Å². The number of hydrogen-bond donors (Lipinski definition) is 3. The molecule has 98 valence electrons. The first-order valence-electron chi connectivity index (χ1n) is 5.71. The Morgan fingerprint density at radius 3 is 2.32 bits per heavy atom. The van der Waals surface area contributed by atoms with Crippen molar-refractivity contribution in [2.75, 3.05) is 22.7 Å². The van der Waals surface area contributed by atoms with Gasteiger partial charge in [0.05, 0.1) is 5.69 Å². The normalized spacial score (nSPS) is 10.2. The van der Waals surface area contributed by atoms with Crippen LogP contribution in [0.4, 0.5) is 17.1 Å². The van der Waals surface area contributed by atoms with Gasteiger partial charge in [-0.15, -0.1) is 11.6 Å². The Morgan fingerprint density at radius 1 is 1.05 bits per heavy atom. The molecule has 0 radical (unpaired) electrons. The molecule has 5 N–H and O–H groups in total. The zero-order valence-corrected chi connectivity index (χ0v) is 10.9. The Kier molecular flexibility index (Phi) is 3.92. The van der Waals surface area contributed by atoms with E-state index in [-0.39, 0.29) is 11.8 Å². The van der Waals surface area contributed by atoms with Crippen molar-refractivity contribution >= 4 is 34.6 Å². The van der Waals surface area contributed by atoms with Gasteiger partial charge in [0.2, 0.25) is 5.91 Å². The van der Waals surface area contributed by atoms with Crippen molar-refractivity contribution in [3.05, 3.63) is 42.5 Å². The molecule has 1 amide bonds. The van der Waals surface area contributed by atoms with Crippen LogP contribution in [0, 0.1) is 0 Å². The number of halogens is 1. The third-order valence-corrected chi connectivity index (χ3v) is 2.90. The van der Waals surface area contributed by atoms with Gasteiger partial charge in [-0.05, 0) is 29.8 Å². The third kappa shape index (κ3) is 3.17. The van der Waals surface area contributed by atoms with Gasteiger partial charge in [0.1, 0.15) is 5.88 Å². The van der Waals surface area contributed by atoms with Crippen molar-refractivity contribution in [1.29, 1.82) is 0 Å². The zero-order chi connectivity index (χ0) is 13.8. The van der Waals surface area contributed by atoms with E-state index in [1.165, 1.54) is 0 Å². The summed E-state index contributed by atoms with van der Waals surface area (Å²) in [6.45, 7) is 0. The van der Waals surface area contributed by atoms with E-state index in [2.05, 4.69) is 5.32 Å². The Morgan fingerprint density at radius 2 is 1.68 bits per heavy atom. The van der Waals surface area contributed by atoms with Crippen molar-refractivity contribution in [1.82, 2.24) is 0 Å². The standard InChI is InChI=1S/C14H14ClN3O/c15-8-14(19)18-13-7-11(17)5-6-12(13)9-1-3-10(16)4-2-9/h1-7H,8,16-17H2,(H,18,19). The maximum atomic E-state index is 11.4. The molecule has 0 heterocycles. The monoisotopic (exact) mass is 275 g/mol. The van der Waals surface area contributed by atoms with Crippen molar-refractivity contribution in [2.24, 2.45) is 0 Å². The van der Waals surface area contributed by atoms with Crippen LogP contribution in [-0.2, 0) is 4.79 Å². The Hall–Kier alpha value is -2.20. The number of alkyl halides is 1. The molecule has 0 spiro atoms. The van der Waals surface area contributed by atoms with E-state index in [0.29, 0.717) is 17.1 Å². The molecule has 0 aliphatic heterocycles. The van der Waals surface area contributed by atoms with E-state index in [0.717, 1.165) is 11.1 Å². The predicted molar refractivity (Wildman–Crippen MR) is 80.1 cm³/mol. The summed E-state index contributed by atoms with van der Waals surface area (Å²) in [5.41, 5.74) is 15.1. The quantitative estimate of drug-likeness (QED) is 0.595. The lowest BCUT2D eigenvalue weighted by Gasteiger charge is -2.12. The van der Waals surface area contributed by atoms with Crippen molar-refractivity contribution in [3.63, 3.8) is 0 Å². The van der Waals surface area contributed by atoms with Crippen LogP contribution in [0.15, 0.2) is 42.5 Å². The highest BCUT2D eigenvalue weighted by Gasteiger charge is 2.08. The average molecular weight is 276 g/mol. The van der Waals surface area contributed by atoms with Gasteiger partial charge in [-0.25, -0.2) is 0 Å². The van der Waals surface area contributed by atoms with Gasteiger partial charge in [-0.2, -0.15) is 0 Å². The first-order chi connectivity index (χ1) is 9.10. The largest absolute Gasteiger partial charge is 0.399 e. The van der Waals surface area contributed by atoms with Gasteiger partial charge in [0, 0.05) is 16.9 Å². The molecule has 0 unspecified atom stereocenters. The fourth-order valence-electron chi connectivity index (χ4n) is 1.76. The minimum atomic E-state index is -0.274. The van der Waals surface area contributed by atoms with Crippen LogP contribution in [0.3, 0.4) is 0 Å². The minimum Gasteiger partial charge on any atom is -0.399 e. The molecule has 0 aliphatic rings. The molecule has 19 heavy (non-hydrogen) atoms. The molecule has 2 aromatic carbocycles. The van der Waals surface area contributed by atoms with Crippen LogP contribution in [0.2, 0.25) is 0 Å². The highest BCUT2D eigenvalue weighted by atomic mass is 35.5. The van der Waals surface area contributed by atoms with E-state index in [1.807, 2.05) is 18.2 Å². The number of carbonyl (C=O) groups is 1. The molecule has 5 heteroatoms. The summed E-state index contributed by atoms with van der Waals surface area (Å²) in [5, 5.41) is 2.73. The van der Waals surface area contributed by atoms with Gasteiger partial charge in [-0.1, -0.05) is 18.2 Å². The molecule has 4 nitrogen and oxygen atoms in total. The van der Waals surface area contributed by atoms with Crippen molar-refractivity contribution in [2.45, 2.75) is 0 Å². The Bertz CT molecular complexity index is 596. The number of nitrogens with two attached hydrogens (primary N) is 2. The fraction of sp³-hybridized carbons (Fsp3) is 0.0714. The number of rotatable bonds is 3. The third-order valence-electron chi connectivity index (χ3n) is 2.66. The van der Waals surface area contributed by atoms with E-state index in [4.69, 9.17) is 23.1 Å². The second-order valence-corrected chi connectivity index (χ2v) is 4.38. The maximum absolute atomic E-state index is 11.4. The molecule has 0 aromatic heterocycles. The molecular weight excluding hydrogens is 262 g/mol. The predicted octanol–water partition coefficient (Wildman–Crippen LogP) is 2.70. The van der Waals surface area contributed by atoms with E-state index in [9.17, 15) is 4.79 Å². The number of amides is 1. The van der Waals surface area contributed by atoms with Gasteiger partial charge in [-0.3, -0.25) is 4.79 Å². The molecule has 0 atom stereocenters.